The molecule has 92 valence electrons. The Morgan fingerprint density at radius 1 is 1.33 bits per heavy atom. The van der Waals surface area contributed by atoms with Gasteiger partial charge in [0.15, 0.2) is 0 Å². The second-order valence-corrected chi connectivity index (χ2v) is 4.25. The minimum Gasteiger partial charge on any atom is -0.397 e. The molecule has 2 aromatic rings. The molecule has 0 aliphatic rings. The Labute approximate surface area is 110 Å². The van der Waals surface area contributed by atoms with Crippen LogP contribution < -0.4 is 11.1 Å². The quantitative estimate of drug-likeness (QED) is 0.817. The van der Waals surface area contributed by atoms with E-state index in [1.807, 2.05) is 13.0 Å². The normalized spacial score (nSPS) is 10.1. The molecule has 0 saturated heterocycles. The van der Waals surface area contributed by atoms with E-state index < -0.39 is 0 Å². The molecule has 4 nitrogen and oxygen atoms in total. The molecular weight excluding hydrogens is 250 g/mol. The number of rotatable bonds is 2. The molecule has 0 aliphatic carbocycles. The summed E-state index contributed by atoms with van der Waals surface area (Å²) in [5, 5.41) is 3.08. The number of hydrogen-bond acceptors (Lipinski definition) is 3. The number of nitrogens with one attached hydrogen (secondary N) is 1. The van der Waals surface area contributed by atoms with Crippen LogP contribution in [0.1, 0.15) is 16.1 Å². The Kier molecular flexibility index (Phi) is 3.48. The number of carbonyl (C=O) groups is 1. The van der Waals surface area contributed by atoms with Crippen molar-refractivity contribution < 1.29 is 4.79 Å². The van der Waals surface area contributed by atoms with E-state index in [-0.39, 0.29) is 11.6 Å². The molecule has 1 aromatic heterocycles. The van der Waals surface area contributed by atoms with Gasteiger partial charge in [-0.05, 0) is 31.2 Å². The fourth-order valence-electron chi connectivity index (χ4n) is 1.48. The summed E-state index contributed by atoms with van der Waals surface area (Å²) in [6, 6.07) is 8.54. The van der Waals surface area contributed by atoms with Crippen LogP contribution in [0.5, 0.6) is 0 Å². The van der Waals surface area contributed by atoms with E-state index in [9.17, 15) is 4.79 Å². The third-order valence-electron chi connectivity index (χ3n) is 2.47. The number of nitrogen functional groups attached to an aromatic ring is 1. The topological polar surface area (TPSA) is 68.0 Å². The summed E-state index contributed by atoms with van der Waals surface area (Å²) in [5.41, 5.74) is 7.88. The number of aromatic nitrogens is 1. The smallest absolute Gasteiger partial charge is 0.257 e. The fraction of sp³-hybridized carbons (Fsp3) is 0.0769. The van der Waals surface area contributed by atoms with Crippen LogP contribution >= 0.6 is 11.6 Å². The number of carbonyl (C=O) groups excluding carboxylic acids is 1. The molecule has 0 spiro atoms. The minimum absolute atomic E-state index is 0.275. The molecule has 0 atom stereocenters. The zero-order chi connectivity index (χ0) is 13.1. The van der Waals surface area contributed by atoms with Gasteiger partial charge in [0.2, 0.25) is 0 Å². The van der Waals surface area contributed by atoms with Crippen molar-refractivity contribution in [1.29, 1.82) is 0 Å². The van der Waals surface area contributed by atoms with Gasteiger partial charge in [-0.3, -0.25) is 9.78 Å². The highest BCUT2D eigenvalue weighted by atomic mass is 35.5. The summed E-state index contributed by atoms with van der Waals surface area (Å²) in [5.74, 6) is -0.305. The van der Waals surface area contributed by atoms with Crippen molar-refractivity contribution in [2.75, 3.05) is 11.1 Å². The number of para-hydroxylation sites is 1. The highest BCUT2D eigenvalue weighted by Gasteiger charge is 2.11. The Morgan fingerprint density at radius 3 is 2.78 bits per heavy atom. The lowest BCUT2D eigenvalue weighted by molar-refractivity contribution is 0.102. The van der Waals surface area contributed by atoms with Crippen molar-refractivity contribution in [2.45, 2.75) is 6.92 Å². The molecule has 0 fully saturated rings. The summed E-state index contributed by atoms with van der Waals surface area (Å²) in [6.07, 6.45) is 1.59. The van der Waals surface area contributed by atoms with Gasteiger partial charge >= 0.3 is 0 Å². The molecule has 0 bridgehead atoms. The standard InChI is InChI=1S/C13H12ClN3O/c1-8-5-6-9(7-16-8)17-13(18)10-3-2-4-11(14)12(10)15/h2-7H,15H2,1H3,(H,17,18). The fourth-order valence-corrected chi connectivity index (χ4v) is 1.65. The molecule has 5 heteroatoms. The lowest BCUT2D eigenvalue weighted by Crippen LogP contribution is -2.14. The Bertz CT molecular complexity index is 581. The number of amides is 1. The van der Waals surface area contributed by atoms with E-state index in [1.54, 1.807) is 30.5 Å². The summed E-state index contributed by atoms with van der Waals surface area (Å²) in [6.45, 7) is 1.88. The van der Waals surface area contributed by atoms with Gasteiger partial charge in [-0.25, -0.2) is 0 Å². The number of halogens is 1. The number of hydrogen-bond donors (Lipinski definition) is 2. The van der Waals surface area contributed by atoms with Crippen LogP contribution in [0.15, 0.2) is 36.5 Å². The van der Waals surface area contributed by atoms with E-state index in [4.69, 9.17) is 17.3 Å². The van der Waals surface area contributed by atoms with E-state index in [2.05, 4.69) is 10.3 Å². The van der Waals surface area contributed by atoms with Crippen molar-refractivity contribution in [3.05, 3.63) is 52.8 Å². The maximum atomic E-state index is 12.0. The van der Waals surface area contributed by atoms with Gasteiger partial charge in [-0.15, -0.1) is 0 Å². The first kappa shape index (κ1) is 12.4. The predicted molar refractivity (Wildman–Crippen MR) is 72.8 cm³/mol. The lowest BCUT2D eigenvalue weighted by Gasteiger charge is -2.08. The predicted octanol–water partition coefficient (Wildman–Crippen LogP) is 2.88. The van der Waals surface area contributed by atoms with Crippen LogP contribution in [0.2, 0.25) is 5.02 Å². The Balaban J connectivity index is 2.22. The molecular formula is C13H12ClN3O. The number of pyridine rings is 1. The van der Waals surface area contributed by atoms with E-state index in [0.717, 1.165) is 5.69 Å². The van der Waals surface area contributed by atoms with Gasteiger partial charge in [0.1, 0.15) is 0 Å². The van der Waals surface area contributed by atoms with Crippen LogP contribution in [0.25, 0.3) is 0 Å². The molecule has 18 heavy (non-hydrogen) atoms. The van der Waals surface area contributed by atoms with Gasteiger partial charge < -0.3 is 11.1 Å². The van der Waals surface area contributed by atoms with Crippen molar-refractivity contribution in [3.63, 3.8) is 0 Å². The summed E-state index contributed by atoms with van der Waals surface area (Å²) >= 11 is 5.86. The third kappa shape index (κ3) is 2.60. The second kappa shape index (κ2) is 5.06. The molecule has 0 radical (unpaired) electrons. The van der Waals surface area contributed by atoms with Gasteiger partial charge in [0.25, 0.3) is 5.91 Å². The largest absolute Gasteiger partial charge is 0.397 e. The number of aryl methyl sites for hydroxylation is 1. The first-order valence-electron chi connectivity index (χ1n) is 5.36. The number of nitrogens with two attached hydrogens (primary N) is 1. The highest BCUT2D eigenvalue weighted by Crippen LogP contribution is 2.23. The maximum absolute atomic E-state index is 12.0. The van der Waals surface area contributed by atoms with E-state index >= 15 is 0 Å². The van der Waals surface area contributed by atoms with Gasteiger partial charge in [-0.1, -0.05) is 17.7 Å². The molecule has 1 heterocycles. The average molecular weight is 262 g/mol. The molecule has 2 rings (SSSR count). The summed E-state index contributed by atoms with van der Waals surface area (Å²) < 4.78 is 0. The molecule has 0 unspecified atom stereocenters. The van der Waals surface area contributed by atoms with Gasteiger partial charge in [0, 0.05) is 5.69 Å². The van der Waals surface area contributed by atoms with Crippen molar-refractivity contribution in [2.24, 2.45) is 0 Å². The molecule has 3 N–H and O–H groups in total. The summed E-state index contributed by atoms with van der Waals surface area (Å²) in [4.78, 5) is 16.1. The van der Waals surface area contributed by atoms with Crippen LogP contribution in [0.4, 0.5) is 11.4 Å². The molecule has 0 aliphatic heterocycles. The first-order chi connectivity index (χ1) is 8.58. The van der Waals surface area contributed by atoms with Crippen molar-refractivity contribution >= 4 is 28.9 Å². The van der Waals surface area contributed by atoms with Crippen LogP contribution in [-0.4, -0.2) is 10.9 Å². The SMILES string of the molecule is Cc1ccc(NC(=O)c2cccc(Cl)c2N)cn1. The first-order valence-corrected chi connectivity index (χ1v) is 5.73. The lowest BCUT2D eigenvalue weighted by atomic mass is 10.1. The van der Waals surface area contributed by atoms with Crippen molar-refractivity contribution in [1.82, 2.24) is 4.98 Å². The van der Waals surface area contributed by atoms with Crippen molar-refractivity contribution in [3.8, 4) is 0 Å². The number of anilines is 2. The minimum atomic E-state index is -0.305. The average Bonchev–Trinajstić information content (AvgIpc) is 2.35. The van der Waals surface area contributed by atoms with E-state index in [0.29, 0.717) is 16.3 Å². The van der Waals surface area contributed by atoms with Crippen LogP contribution in [0, 0.1) is 6.92 Å². The van der Waals surface area contributed by atoms with Gasteiger partial charge in [-0.2, -0.15) is 0 Å². The van der Waals surface area contributed by atoms with E-state index in [1.165, 1.54) is 0 Å². The molecule has 1 amide bonds. The Morgan fingerprint density at radius 2 is 2.11 bits per heavy atom. The highest BCUT2D eigenvalue weighted by molar-refractivity contribution is 6.34. The van der Waals surface area contributed by atoms with Crippen LogP contribution in [0.3, 0.4) is 0 Å². The van der Waals surface area contributed by atoms with Gasteiger partial charge in [0.05, 0.1) is 28.2 Å². The second-order valence-electron chi connectivity index (χ2n) is 3.84. The zero-order valence-corrected chi connectivity index (χ0v) is 10.5. The number of nitrogens with zero attached hydrogens (tertiary/aromatic N) is 1. The number of benzene rings is 1. The summed E-state index contributed by atoms with van der Waals surface area (Å²) in [7, 11) is 0. The third-order valence-corrected chi connectivity index (χ3v) is 2.80. The molecule has 0 saturated carbocycles. The Hall–Kier alpha value is -2.07. The molecule has 1 aromatic carbocycles. The zero-order valence-electron chi connectivity index (χ0n) is 9.77. The van der Waals surface area contributed by atoms with Crippen LogP contribution in [-0.2, 0) is 0 Å². The monoisotopic (exact) mass is 261 g/mol. The maximum Gasteiger partial charge on any atom is 0.257 e.